The highest BCUT2D eigenvalue weighted by molar-refractivity contribution is 9.10. The van der Waals surface area contributed by atoms with Crippen LogP contribution in [0.25, 0.3) is 0 Å². The van der Waals surface area contributed by atoms with Crippen LogP contribution in [0.15, 0.2) is 46.9 Å². The van der Waals surface area contributed by atoms with Gasteiger partial charge in [0.15, 0.2) is 0 Å². The van der Waals surface area contributed by atoms with Crippen molar-refractivity contribution in [3.05, 3.63) is 58.1 Å². The maximum absolute atomic E-state index is 5.65. The molecule has 100 valence electrons. The van der Waals surface area contributed by atoms with Gasteiger partial charge in [0.25, 0.3) is 0 Å². The average Bonchev–Trinajstić information content (AvgIpc) is 2.38. The molecule has 0 saturated carbocycles. The molecule has 0 atom stereocenters. The average molecular weight is 320 g/mol. The number of rotatable bonds is 5. The fourth-order valence-corrected chi connectivity index (χ4v) is 2.82. The molecular formula is C16H18BrNO. The van der Waals surface area contributed by atoms with E-state index in [9.17, 15) is 0 Å². The number of hydrogen-bond donors (Lipinski definition) is 1. The van der Waals surface area contributed by atoms with E-state index in [-0.39, 0.29) is 0 Å². The summed E-state index contributed by atoms with van der Waals surface area (Å²) in [6, 6.07) is 14.2. The largest absolute Gasteiger partial charge is 0.492 e. The third-order valence-corrected chi connectivity index (χ3v) is 3.47. The minimum absolute atomic E-state index is 0.643. The minimum Gasteiger partial charge on any atom is -0.492 e. The molecule has 0 saturated heterocycles. The number of ether oxygens (including phenoxy) is 1. The second-order valence-electron chi connectivity index (χ2n) is 4.53. The second-order valence-corrected chi connectivity index (χ2v) is 5.38. The molecule has 3 heteroatoms. The molecule has 2 nitrogen and oxygen atoms in total. The lowest BCUT2D eigenvalue weighted by molar-refractivity contribution is 0.333. The monoisotopic (exact) mass is 319 g/mol. The highest BCUT2D eigenvalue weighted by Crippen LogP contribution is 2.27. The lowest BCUT2D eigenvalue weighted by Crippen LogP contribution is -2.12. The zero-order valence-corrected chi connectivity index (χ0v) is 12.8. The summed E-state index contributed by atoms with van der Waals surface area (Å²) in [6.45, 7) is 5.62. The van der Waals surface area contributed by atoms with Crippen LogP contribution in [0.5, 0.6) is 5.75 Å². The van der Waals surface area contributed by atoms with Gasteiger partial charge in [-0.15, -0.1) is 0 Å². The van der Waals surface area contributed by atoms with Crippen molar-refractivity contribution in [3.63, 3.8) is 0 Å². The van der Waals surface area contributed by atoms with Crippen LogP contribution in [-0.4, -0.2) is 13.2 Å². The smallest absolute Gasteiger partial charge is 0.119 e. The highest BCUT2D eigenvalue weighted by Gasteiger charge is 2.04. The van der Waals surface area contributed by atoms with Crippen LogP contribution in [0.2, 0.25) is 0 Å². The summed E-state index contributed by atoms with van der Waals surface area (Å²) in [6.07, 6.45) is 0. The van der Waals surface area contributed by atoms with E-state index in [2.05, 4.69) is 47.2 Å². The van der Waals surface area contributed by atoms with Gasteiger partial charge < -0.3 is 10.1 Å². The number of anilines is 1. The molecule has 0 heterocycles. The van der Waals surface area contributed by atoms with E-state index in [1.54, 1.807) is 0 Å². The van der Waals surface area contributed by atoms with Crippen molar-refractivity contribution in [2.45, 2.75) is 13.8 Å². The van der Waals surface area contributed by atoms with Gasteiger partial charge in [-0.25, -0.2) is 0 Å². The van der Waals surface area contributed by atoms with Crippen LogP contribution in [0.1, 0.15) is 11.1 Å². The maximum Gasteiger partial charge on any atom is 0.119 e. The van der Waals surface area contributed by atoms with Crippen molar-refractivity contribution < 1.29 is 4.74 Å². The first kappa shape index (κ1) is 13.9. The van der Waals surface area contributed by atoms with Gasteiger partial charge in [-0.05, 0) is 59.1 Å². The van der Waals surface area contributed by atoms with Crippen LogP contribution in [0.3, 0.4) is 0 Å². The molecule has 0 bridgehead atoms. The predicted molar refractivity (Wildman–Crippen MR) is 84.0 cm³/mol. The number of para-hydroxylation sites is 1. The Bertz CT molecular complexity index is 517. The quantitative estimate of drug-likeness (QED) is 0.816. The summed E-state index contributed by atoms with van der Waals surface area (Å²) >= 11 is 3.59. The van der Waals surface area contributed by atoms with Gasteiger partial charge in [0.2, 0.25) is 0 Å². The standard InChI is InChI=1S/C16H18BrNO/c1-12-10-13(2)16(15(17)11-12)18-8-9-19-14-6-4-3-5-7-14/h3-7,10-11,18H,8-9H2,1-2H3. The van der Waals surface area contributed by atoms with Crippen LogP contribution in [-0.2, 0) is 0 Å². The van der Waals surface area contributed by atoms with Crippen LogP contribution in [0.4, 0.5) is 5.69 Å². The SMILES string of the molecule is Cc1cc(C)c(NCCOc2ccccc2)c(Br)c1. The third-order valence-electron chi connectivity index (χ3n) is 2.85. The van der Waals surface area contributed by atoms with E-state index in [0.717, 1.165) is 22.5 Å². The Kier molecular flexibility index (Phi) is 4.86. The Morgan fingerprint density at radius 1 is 1.11 bits per heavy atom. The zero-order chi connectivity index (χ0) is 13.7. The van der Waals surface area contributed by atoms with Gasteiger partial charge in [-0.1, -0.05) is 24.3 Å². The molecule has 0 aromatic heterocycles. The molecule has 0 aliphatic heterocycles. The molecule has 1 N–H and O–H groups in total. The highest BCUT2D eigenvalue weighted by atomic mass is 79.9. The zero-order valence-electron chi connectivity index (χ0n) is 11.2. The van der Waals surface area contributed by atoms with Gasteiger partial charge >= 0.3 is 0 Å². The Hall–Kier alpha value is -1.48. The first-order chi connectivity index (χ1) is 9.16. The summed E-state index contributed by atoms with van der Waals surface area (Å²) in [5.74, 6) is 0.906. The Balaban J connectivity index is 1.86. The van der Waals surface area contributed by atoms with Gasteiger partial charge in [0.05, 0.1) is 5.69 Å². The summed E-state index contributed by atoms with van der Waals surface area (Å²) in [5, 5.41) is 3.41. The fourth-order valence-electron chi connectivity index (χ4n) is 2.00. The third kappa shape index (κ3) is 4.00. The van der Waals surface area contributed by atoms with Crippen LogP contribution in [0, 0.1) is 13.8 Å². The van der Waals surface area contributed by atoms with Crippen LogP contribution < -0.4 is 10.1 Å². The molecule has 0 aliphatic carbocycles. The molecule has 0 fully saturated rings. The molecule has 0 unspecified atom stereocenters. The van der Waals surface area contributed by atoms with E-state index >= 15 is 0 Å². The van der Waals surface area contributed by atoms with Crippen molar-refractivity contribution in [1.29, 1.82) is 0 Å². The van der Waals surface area contributed by atoms with Gasteiger partial charge in [0.1, 0.15) is 12.4 Å². The first-order valence-electron chi connectivity index (χ1n) is 6.35. The number of halogens is 1. The Labute approximate surface area is 122 Å². The molecule has 0 radical (unpaired) electrons. The van der Waals surface area contributed by atoms with E-state index < -0.39 is 0 Å². The fraction of sp³-hybridized carbons (Fsp3) is 0.250. The molecule has 0 amide bonds. The second kappa shape index (κ2) is 6.62. The van der Waals surface area contributed by atoms with Crippen molar-refractivity contribution >= 4 is 21.6 Å². The van der Waals surface area contributed by atoms with E-state index in [1.165, 1.54) is 11.1 Å². The minimum atomic E-state index is 0.643. The van der Waals surface area contributed by atoms with Gasteiger partial charge in [-0.2, -0.15) is 0 Å². The van der Waals surface area contributed by atoms with E-state index in [0.29, 0.717) is 6.61 Å². The maximum atomic E-state index is 5.65. The van der Waals surface area contributed by atoms with E-state index in [1.807, 2.05) is 30.3 Å². The molecule has 2 aromatic rings. The topological polar surface area (TPSA) is 21.3 Å². The molecule has 2 aromatic carbocycles. The molecule has 0 aliphatic rings. The lowest BCUT2D eigenvalue weighted by atomic mass is 10.1. The number of aryl methyl sites for hydroxylation is 2. The number of nitrogens with one attached hydrogen (secondary N) is 1. The summed E-state index contributed by atoms with van der Waals surface area (Å²) < 4.78 is 6.75. The Morgan fingerprint density at radius 2 is 1.84 bits per heavy atom. The van der Waals surface area contributed by atoms with Gasteiger partial charge in [-0.3, -0.25) is 0 Å². The van der Waals surface area contributed by atoms with Gasteiger partial charge in [0, 0.05) is 11.0 Å². The molecule has 19 heavy (non-hydrogen) atoms. The lowest BCUT2D eigenvalue weighted by Gasteiger charge is -2.13. The number of hydrogen-bond acceptors (Lipinski definition) is 2. The van der Waals surface area contributed by atoms with Crippen molar-refractivity contribution in [3.8, 4) is 5.75 Å². The Morgan fingerprint density at radius 3 is 2.53 bits per heavy atom. The van der Waals surface area contributed by atoms with Crippen molar-refractivity contribution in [2.75, 3.05) is 18.5 Å². The molecular weight excluding hydrogens is 302 g/mol. The molecule has 2 rings (SSSR count). The summed E-state index contributed by atoms with van der Waals surface area (Å²) in [7, 11) is 0. The summed E-state index contributed by atoms with van der Waals surface area (Å²) in [4.78, 5) is 0. The van der Waals surface area contributed by atoms with E-state index in [4.69, 9.17) is 4.74 Å². The predicted octanol–water partition coefficient (Wildman–Crippen LogP) is 4.56. The molecule has 0 spiro atoms. The summed E-state index contributed by atoms with van der Waals surface area (Å²) in [5.41, 5.74) is 3.64. The first-order valence-corrected chi connectivity index (χ1v) is 7.14. The van der Waals surface area contributed by atoms with Crippen LogP contribution >= 0.6 is 15.9 Å². The van der Waals surface area contributed by atoms with Crippen molar-refractivity contribution in [1.82, 2.24) is 0 Å². The number of benzene rings is 2. The van der Waals surface area contributed by atoms with Crippen molar-refractivity contribution in [2.24, 2.45) is 0 Å². The normalized spacial score (nSPS) is 10.3.